The van der Waals surface area contributed by atoms with Gasteiger partial charge >= 0.3 is 0 Å². The molecular weight excluding hydrogens is 372 g/mol. The van der Waals surface area contributed by atoms with Crippen molar-refractivity contribution in [2.45, 2.75) is 29.6 Å². The van der Waals surface area contributed by atoms with E-state index in [4.69, 9.17) is 16.3 Å². The number of hydrogen-bond acceptors (Lipinski definition) is 4. The minimum absolute atomic E-state index is 0.313. The maximum atomic E-state index is 12.1. The normalized spacial score (nSPS) is 16.3. The van der Waals surface area contributed by atoms with Crippen LogP contribution < -0.4 is 10.9 Å². The van der Waals surface area contributed by atoms with Crippen molar-refractivity contribution in [1.82, 2.24) is 10.9 Å². The average Bonchev–Trinajstić information content (AvgIpc) is 3.21. The number of hydrogen-bond donors (Lipinski definition) is 2. The quantitative estimate of drug-likeness (QED) is 0.605. The van der Waals surface area contributed by atoms with Crippen LogP contribution in [0.3, 0.4) is 0 Å². The van der Waals surface area contributed by atoms with E-state index < -0.39 is 6.10 Å². The van der Waals surface area contributed by atoms with Gasteiger partial charge in [-0.05, 0) is 54.8 Å². The zero-order chi connectivity index (χ0) is 18.4. The number of benzene rings is 2. The van der Waals surface area contributed by atoms with E-state index in [1.165, 1.54) is 0 Å². The fourth-order valence-corrected chi connectivity index (χ4v) is 3.49. The van der Waals surface area contributed by atoms with Crippen molar-refractivity contribution in [2.24, 2.45) is 0 Å². The first-order valence-corrected chi connectivity index (χ1v) is 9.67. The summed E-state index contributed by atoms with van der Waals surface area (Å²) in [6, 6.07) is 15.0. The largest absolute Gasteiger partial charge is 0.368 e. The van der Waals surface area contributed by atoms with Gasteiger partial charge in [0.1, 0.15) is 6.10 Å². The predicted octanol–water partition coefficient (Wildman–Crippen LogP) is 3.57. The highest BCUT2D eigenvalue weighted by Gasteiger charge is 2.23. The Morgan fingerprint density at radius 3 is 2.46 bits per heavy atom. The van der Waals surface area contributed by atoms with Crippen LogP contribution in [-0.2, 0) is 15.3 Å². The molecule has 3 rings (SSSR count). The molecule has 0 radical (unpaired) electrons. The van der Waals surface area contributed by atoms with E-state index in [1.54, 1.807) is 23.9 Å². The Morgan fingerprint density at radius 2 is 1.81 bits per heavy atom. The topological polar surface area (TPSA) is 67.4 Å². The molecule has 2 aromatic carbocycles. The van der Waals surface area contributed by atoms with Crippen molar-refractivity contribution < 1.29 is 14.3 Å². The van der Waals surface area contributed by atoms with Gasteiger partial charge < -0.3 is 4.74 Å². The van der Waals surface area contributed by atoms with E-state index in [2.05, 4.69) is 10.9 Å². The minimum Gasteiger partial charge on any atom is -0.368 e. The van der Waals surface area contributed by atoms with Gasteiger partial charge in [-0.25, -0.2) is 0 Å². The van der Waals surface area contributed by atoms with E-state index in [0.717, 1.165) is 27.7 Å². The van der Waals surface area contributed by atoms with E-state index in [1.807, 2.05) is 36.4 Å². The van der Waals surface area contributed by atoms with Gasteiger partial charge in [0.05, 0.1) is 0 Å². The molecule has 26 heavy (non-hydrogen) atoms. The Bertz CT molecular complexity index is 759. The Morgan fingerprint density at radius 1 is 1.08 bits per heavy atom. The highest BCUT2D eigenvalue weighted by molar-refractivity contribution is 7.98. The molecule has 5 nitrogen and oxygen atoms in total. The molecule has 1 aliphatic heterocycles. The third-order valence-corrected chi connectivity index (χ3v) is 5.29. The number of carbonyl (C=O) groups excluding carboxylic acids is 2. The third kappa shape index (κ3) is 5.24. The van der Waals surface area contributed by atoms with Gasteiger partial charge in [-0.15, -0.1) is 11.8 Å². The summed E-state index contributed by atoms with van der Waals surface area (Å²) in [7, 11) is 0. The van der Waals surface area contributed by atoms with Crippen LogP contribution in [-0.4, -0.2) is 24.5 Å². The van der Waals surface area contributed by atoms with Crippen molar-refractivity contribution in [3.63, 3.8) is 0 Å². The number of amides is 2. The van der Waals surface area contributed by atoms with Crippen LogP contribution in [0.2, 0.25) is 5.02 Å². The summed E-state index contributed by atoms with van der Waals surface area (Å²) >= 11 is 7.57. The molecule has 1 saturated heterocycles. The Labute approximate surface area is 161 Å². The summed E-state index contributed by atoms with van der Waals surface area (Å²) in [5, 5.41) is 0.719. The molecule has 2 aromatic rings. The fraction of sp³-hybridized carbons (Fsp3) is 0.263. The van der Waals surface area contributed by atoms with Crippen LogP contribution in [0.15, 0.2) is 53.4 Å². The molecule has 0 aliphatic carbocycles. The van der Waals surface area contributed by atoms with Gasteiger partial charge in [0.2, 0.25) is 0 Å². The first-order chi connectivity index (χ1) is 12.6. The van der Waals surface area contributed by atoms with E-state index in [0.29, 0.717) is 18.6 Å². The highest BCUT2D eigenvalue weighted by atomic mass is 35.5. The summed E-state index contributed by atoms with van der Waals surface area (Å²) in [5.74, 6) is 0.124. The SMILES string of the molecule is O=C(NNC(=O)[C@H]1CCCO1)c1ccc(CSc2ccc(Cl)cc2)cc1. The molecule has 0 saturated carbocycles. The first-order valence-electron chi connectivity index (χ1n) is 8.31. The number of ether oxygens (including phenoxy) is 1. The van der Waals surface area contributed by atoms with E-state index in [-0.39, 0.29) is 11.8 Å². The van der Waals surface area contributed by atoms with Crippen LogP contribution in [0.4, 0.5) is 0 Å². The summed E-state index contributed by atoms with van der Waals surface area (Å²) in [5.41, 5.74) is 6.42. The lowest BCUT2D eigenvalue weighted by molar-refractivity contribution is -0.130. The number of nitrogens with one attached hydrogen (secondary N) is 2. The third-order valence-electron chi connectivity index (χ3n) is 3.96. The molecular formula is C19H19ClN2O3S. The van der Waals surface area contributed by atoms with Crippen molar-refractivity contribution in [1.29, 1.82) is 0 Å². The maximum absolute atomic E-state index is 12.1. The first kappa shape index (κ1) is 18.8. The standard InChI is InChI=1S/C19H19ClN2O3S/c20-15-7-9-16(10-8-15)26-12-13-3-5-14(6-4-13)18(23)21-22-19(24)17-2-1-11-25-17/h3-10,17H,1-2,11-12H2,(H,21,23)(H,22,24)/t17-/m1/s1. The molecule has 2 N–H and O–H groups in total. The molecule has 136 valence electrons. The van der Waals surface area contributed by atoms with Crippen LogP contribution in [0.1, 0.15) is 28.8 Å². The molecule has 0 bridgehead atoms. The van der Waals surface area contributed by atoms with Crippen LogP contribution in [0.25, 0.3) is 0 Å². The molecule has 7 heteroatoms. The van der Waals surface area contributed by atoms with Crippen LogP contribution in [0, 0.1) is 0 Å². The number of halogens is 1. The summed E-state index contributed by atoms with van der Waals surface area (Å²) in [6.45, 7) is 0.585. The molecule has 0 unspecified atom stereocenters. The van der Waals surface area contributed by atoms with E-state index in [9.17, 15) is 9.59 Å². The second kappa shape index (κ2) is 9.07. The van der Waals surface area contributed by atoms with Crippen LogP contribution >= 0.6 is 23.4 Å². The molecule has 1 atom stereocenters. The van der Waals surface area contributed by atoms with Crippen molar-refractivity contribution in [3.8, 4) is 0 Å². The smallest absolute Gasteiger partial charge is 0.269 e. The second-order valence-corrected chi connectivity index (χ2v) is 7.37. The second-order valence-electron chi connectivity index (χ2n) is 5.88. The fourth-order valence-electron chi connectivity index (χ4n) is 2.51. The Hall–Kier alpha value is -2.02. The van der Waals surface area contributed by atoms with Gasteiger partial charge in [-0.2, -0.15) is 0 Å². The lowest BCUT2D eigenvalue weighted by atomic mass is 10.1. The molecule has 0 aromatic heterocycles. The lowest BCUT2D eigenvalue weighted by Gasteiger charge is -2.11. The zero-order valence-electron chi connectivity index (χ0n) is 14.0. The average molecular weight is 391 g/mol. The monoisotopic (exact) mass is 390 g/mol. The molecule has 1 fully saturated rings. The predicted molar refractivity (Wildman–Crippen MR) is 102 cm³/mol. The molecule has 2 amide bonds. The number of thioether (sulfide) groups is 1. The van der Waals surface area contributed by atoms with Gasteiger partial charge in [0.15, 0.2) is 0 Å². The van der Waals surface area contributed by atoms with Gasteiger partial charge in [0.25, 0.3) is 11.8 Å². The summed E-state index contributed by atoms with van der Waals surface area (Å²) in [6.07, 6.45) is 1.08. The highest BCUT2D eigenvalue weighted by Crippen LogP contribution is 2.24. The Kier molecular flexibility index (Phi) is 6.55. The minimum atomic E-state index is -0.470. The van der Waals surface area contributed by atoms with Crippen molar-refractivity contribution >= 4 is 35.2 Å². The number of carbonyl (C=O) groups is 2. The zero-order valence-corrected chi connectivity index (χ0v) is 15.6. The van der Waals surface area contributed by atoms with Gasteiger partial charge in [-0.1, -0.05) is 23.7 Å². The van der Waals surface area contributed by atoms with Crippen LogP contribution in [0.5, 0.6) is 0 Å². The number of rotatable bonds is 5. The maximum Gasteiger partial charge on any atom is 0.269 e. The number of hydrazine groups is 1. The summed E-state index contributed by atoms with van der Waals surface area (Å²) < 4.78 is 5.27. The lowest BCUT2D eigenvalue weighted by Crippen LogP contribution is -2.46. The molecule has 1 aliphatic rings. The molecule has 0 spiro atoms. The van der Waals surface area contributed by atoms with Crippen molar-refractivity contribution in [2.75, 3.05) is 6.61 Å². The van der Waals surface area contributed by atoms with E-state index >= 15 is 0 Å². The van der Waals surface area contributed by atoms with Gasteiger partial charge in [0, 0.05) is 27.8 Å². The van der Waals surface area contributed by atoms with Crippen molar-refractivity contribution in [3.05, 3.63) is 64.7 Å². The van der Waals surface area contributed by atoms with Gasteiger partial charge in [-0.3, -0.25) is 20.4 Å². The summed E-state index contributed by atoms with van der Waals surface area (Å²) in [4.78, 5) is 25.0. The molecule has 1 heterocycles. The Balaban J connectivity index is 1.47.